The third-order valence-corrected chi connectivity index (χ3v) is 4.19. The molecule has 0 spiro atoms. The van der Waals surface area contributed by atoms with E-state index in [2.05, 4.69) is 15.3 Å². The number of carboxylic acid groups (broad SMARTS) is 1. The first-order valence-electron chi connectivity index (χ1n) is 7.20. The summed E-state index contributed by atoms with van der Waals surface area (Å²) >= 11 is 0. The van der Waals surface area contributed by atoms with Gasteiger partial charge in [-0.25, -0.2) is 9.79 Å². The van der Waals surface area contributed by atoms with Gasteiger partial charge in [-0.2, -0.15) is 0 Å². The predicted octanol–water partition coefficient (Wildman–Crippen LogP) is 1.01. The van der Waals surface area contributed by atoms with Crippen LogP contribution in [0.5, 0.6) is 0 Å². The number of hydrogen-bond donors (Lipinski definition) is 2. The average molecular weight is 307 g/mol. The van der Waals surface area contributed by atoms with Gasteiger partial charge in [-0.3, -0.25) is 9.79 Å². The molecule has 0 bridgehead atoms. The zero-order chi connectivity index (χ0) is 16.5. The first-order valence-corrected chi connectivity index (χ1v) is 7.20. The maximum absolute atomic E-state index is 12.2. The van der Waals surface area contributed by atoms with E-state index < -0.39 is 11.5 Å². The Morgan fingerprint density at radius 3 is 2.77 bits per heavy atom. The Kier molecular flexibility index (Phi) is 4.46. The summed E-state index contributed by atoms with van der Waals surface area (Å²) in [6.07, 6.45) is 1.96. The fraction of sp³-hybridized carbons (Fsp3) is 0.600. The van der Waals surface area contributed by atoms with Crippen molar-refractivity contribution in [3.63, 3.8) is 0 Å². The van der Waals surface area contributed by atoms with Gasteiger partial charge in [-0.1, -0.05) is 13.8 Å². The topological polar surface area (TPSA) is 100 Å². The highest BCUT2D eigenvalue weighted by atomic mass is 16.5. The van der Waals surface area contributed by atoms with Gasteiger partial charge >= 0.3 is 5.97 Å². The minimum atomic E-state index is -1.05. The van der Waals surface area contributed by atoms with Crippen molar-refractivity contribution < 1.29 is 19.4 Å². The summed E-state index contributed by atoms with van der Waals surface area (Å²) in [5.74, 6) is -1.14. The maximum atomic E-state index is 12.2. The van der Waals surface area contributed by atoms with Crippen LogP contribution < -0.4 is 5.32 Å². The molecule has 2 aliphatic heterocycles. The lowest BCUT2D eigenvalue weighted by Crippen LogP contribution is -2.41. The minimum Gasteiger partial charge on any atom is -0.478 e. The van der Waals surface area contributed by atoms with Crippen LogP contribution in [0.15, 0.2) is 21.3 Å². The average Bonchev–Trinajstić information content (AvgIpc) is 2.76. The molecule has 0 aromatic carbocycles. The number of nitrogens with zero attached hydrogens (tertiary/aromatic N) is 2. The van der Waals surface area contributed by atoms with Gasteiger partial charge in [0.1, 0.15) is 11.2 Å². The second kappa shape index (κ2) is 6.00. The smallest absolute Gasteiger partial charge is 0.333 e. The van der Waals surface area contributed by atoms with Crippen molar-refractivity contribution in [1.29, 1.82) is 0 Å². The lowest BCUT2D eigenvalue weighted by molar-refractivity contribution is -0.133. The van der Waals surface area contributed by atoms with E-state index in [1.165, 1.54) is 0 Å². The van der Waals surface area contributed by atoms with E-state index in [-0.39, 0.29) is 34.8 Å². The Labute approximate surface area is 129 Å². The number of nitrogens with one attached hydrogen (secondary N) is 1. The molecule has 7 heteroatoms. The van der Waals surface area contributed by atoms with Crippen molar-refractivity contribution in [2.24, 2.45) is 21.8 Å². The Hall–Kier alpha value is -2.02. The van der Waals surface area contributed by atoms with Crippen LogP contribution in [0.4, 0.5) is 0 Å². The number of amides is 1. The van der Waals surface area contributed by atoms with Crippen LogP contribution in [0.2, 0.25) is 0 Å². The van der Waals surface area contributed by atoms with E-state index in [4.69, 9.17) is 4.74 Å². The molecule has 2 atom stereocenters. The highest BCUT2D eigenvalue weighted by Gasteiger charge is 2.43. The van der Waals surface area contributed by atoms with Crippen LogP contribution >= 0.6 is 0 Å². The molecule has 0 radical (unpaired) electrons. The number of carbonyl (C=O) groups is 2. The number of ether oxygens (including phenoxy) is 1. The molecule has 0 aliphatic carbocycles. The zero-order valence-electron chi connectivity index (χ0n) is 13.2. The SMILES string of the molecule is COCC1C=NC(C2=NC(C)(C(C)C)C(=O)N2)=C(C(=O)O)C1. The minimum absolute atomic E-state index is 0.00677. The fourth-order valence-electron chi connectivity index (χ4n) is 2.43. The Morgan fingerprint density at radius 2 is 2.27 bits per heavy atom. The van der Waals surface area contributed by atoms with Crippen LogP contribution in [0, 0.1) is 11.8 Å². The molecule has 0 fully saturated rings. The number of hydrogen-bond acceptors (Lipinski definition) is 5. The molecule has 2 unspecified atom stereocenters. The van der Waals surface area contributed by atoms with Crippen LogP contribution in [-0.4, -0.2) is 48.3 Å². The quantitative estimate of drug-likeness (QED) is 0.791. The normalized spacial score (nSPS) is 28.1. The molecule has 2 heterocycles. The second-order valence-electron chi connectivity index (χ2n) is 6.05. The van der Waals surface area contributed by atoms with Gasteiger partial charge in [-0.05, 0) is 19.3 Å². The monoisotopic (exact) mass is 307 g/mol. The van der Waals surface area contributed by atoms with E-state index in [1.54, 1.807) is 20.2 Å². The molecule has 0 saturated heterocycles. The summed E-state index contributed by atoms with van der Waals surface area (Å²) in [4.78, 5) is 32.3. The number of amidine groups is 1. The molecule has 22 heavy (non-hydrogen) atoms. The fourth-order valence-corrected chi connectivity index (χ4v) is 2.43. The largest absolute Gasteiger partial charge is 0.478 e. The summed E-state index contributed by atoms with van der Waals surface area (Å²) in [6.45, 7) is 5.94. The first-order chi connectivity index (χ1) is 10.3. The molecular formula is C15H21N3O4. The van der Waals surface area contributed by atoms with Gasteiger partial charge in [0.05, 0.1) is 12.2 Å². The first kappa shape index (κ1) is 16.4. The van der Waals surface area contributed by atoms with E-state index in [9.17, 15) is 14.7 Å². The van der Waals surface area contributed by atoms with Gasteiger partial charge in [0.2, 0.25) is 0 Å². The van der Waals surface area contributed by atoms with Gasteiger partial charge in [-0.15, -0.1) is 0 Å². The van der Waals surface area contributed by atoms with Crippen LogP contribution in [-0.2, 0) is 14.3 Å². The number of methoxy groups -OCH3 is 1. The summed E-state index contributed by atoms with van der Waals surface area (Å²) in [5.41, 5.74) is -0.514. The highest BCUT2D eigenvalue weighted by molar-refractivity contribution is 6.17. The van der Waals surface area contributed by atoms with Gasteiger partial charge in [0, 0.05) is 19.2 Å². The Morgan fingerprint density at radius 1 is 1.59 bits per heavy atom. The second-order valence-corrected chi connectivity index (χ2v) is 6.05. The van der Waals surface area contributed by atoms with Crippen LogP contribution in [0.3, 0.4) is 0 Å². The zero-order valence-corrected chi connectivity index (χ0v) is 13.2. The lowest BCUT2D eigenvalue weighted by Gasteiger charge is -2.21. The molecular weight excluding hydrogens is 286 g/mol. The van der Waals surface area contributed by atoms with Crippen molar-refractivity contribution >= 4 is 23.9 Å². The van der Waals surface area contributed by atoms with E-state index in [1.807, 2.05) is 13.8 Å². The van der Waals surface area contributed by atoms with Gasteiger partial charge < -0.3 is 15.2 Å². The molecule has 120 valence electrons. The third-order valence-electron chi connectivity index (χ3n) is 4.19. The standard InChI is InChI=1S/C15H21N3O4/c1-8(2)15(3)14(21)17-12(18-15)11-10(13(19)20)5-9(6-16-11)7-22-4/h6,8-9H,5,7H2,1-4H3,(H,19,20)(H,17,18,21). The molecule has 0 aromatic heterocycles. The third kappa shape index (κ3) is 2.81. The van der Waals surface area contributed by atoms with Gasteiger partial charge in [0.25, 0.3) is 5.91 Å². The number of carboxylic acids is 1. The van der Waals surface area contributed by atoms with Crippen molar-refractivity contribution in [3.05, 3.63) is 11.3 Å². The number of aliphatic imine (C=N–C) groups is 2. The summed E-state index contributed by atoms with van der Waals surface area (Å²) < 4.78 is 5.04. The summed E-state index contributed by atoms with van der Waals surface area (Å²) in [7, 11) is 1.56. The molecule has 2 rings (SSSR count). The summed E-state index contributed by atoms with van der Waals surface area (Å²) in [5, 5.41) is 12.1. The van der Waals surface area contributed by atoms with Crippen molar-refractivity contribution in [2.45, 2.75) is 32.7 Å². The molecule has 7 nitrogen and oxygen atoms in total. The van der Waals surface area contributed by atoms with Crippen molar-refractivity contribution in [3.8, 4) is 0 Å². The Balaban J connectivity index is 2.38. The van der Waals surface area contributed by atoms with Crippen LogP contribution in [0.25, 0.3) is 0 Å². The van der Waals surface area contributed by atoms with E-state index >= 15 is 0 Å². The maximum Gasteiger partial charge on any atom is 0.333 e. The van der Waals surface area contributed by atoms with Gasteiger partial charge in [0.15, 0.2) is 5.84 Å². The number of rotatable bonds is 5. The number of carbonyl (C=O) groups excluding carboxylic acids is 1. The molecule has 0 saturated carbocycles. The van der Waals surface area contributed by atoms with Crippen molar-refractivity contribution in [1.82, 2.24) is 5.32 Å². The molecule has 1 amide bonds. The van der Waals surface area contributed by atoms with E-state index in [0.717, 1.165) is 0 Å². The van der Waals surface area contributed by atoms with Crippen molar-refractivity contribution in [2.75, 3.05) is 13.7 Å². The molecule has 2 aliphatic rings. The molecule has 0 aromatic rings. The summed E-state index contributed by atoms with van der Waals surface area (Å²) in [6, 6.07) is 0. The Bertz CT molecular complexity index is 592. The van der Waals surface area contributed by atoms with Crippen LogP contribution in [0.1, 0.15) is 27.2 Å². The predicted molar refractivity (Wildman–Crippen MR) is 82.0 cm³/mol. The van der Waals surface area contributed by atoms with E-state index in [0.29, 0.717) is 13.0 Å². The molecule has 2 N–H and O–H groups in total. The highest BCUT2D eigenvalue weighted by Crippen LogP contribution is 2.30. The lowest BCUT2D eigenvalue weighted by atomic mass is 9.89. The number of aliphatic carboxylic acids is 1.